The molecular weight excluding hydrogens is 346 g/mol. The number of carbonyl (C=O) groups is 1. The third-order valence-electron chi connectivity index (χ3n) is 6.19. The second-order valence-corrected chi connectivity index (χ2v) is 8.19. The van der Waals surface area contributed by atoms with Crippen LogP contribution in [0.4, 0.5) is 0 Å². The number of hydrogen-bond acceptors (Lipinski definition) is 3. The van der Waals surface area contributed by atoms with Crippen LogP contribution in [-0.2, 0) is 17.8 Å². The molecular formula is C24H31N3O. The van der Waals surface area contributed by atoms with Crippen LogP contribution in [0, 0.1) is 6.92 Å². The summed E-state index contributed by atoms with van der Waals surface area (Å²) in [5, 5.41) is 3.29. The molecule has 28 heavy (non-hydrogen) atoms. The second-order valence-electron chi connectivity index (χ2n) is 8.19. The van der Waals surface area contributed by atoms with E-state index in [-0.39, 0.29) is 11.9 Å². The van der Waals surface area contributed by atoms with Crippen LogP contribution in [0.2, 0.25) is 0 Å². The highest BCUT2D eigenvalue weighted by atomic mass is 16.2. The summed E-state index contributed by atoms with van der Waals surface area (Å²) in [7, 11) is 0. The van der Waals surface area contributed by atoms with Gasteiger partial charge in [0.15, 0.2) is 0 Å². The van der Waals surface area contributed by atoms with Gasteiger partial charge in [-0.15, -0.1) is 0 Å². The summed E-state index contributed by atoms with van der Waals surface area (Å²) < 4.78 is 0. The molecule has 1 fully saturated rings. The highest BCUT2D eigenvalue weighted by Crippen LogP contribution is 2.29. The van der Waals surface area contributed by atoms with E-state index in [1.54, 1.807) is 0 Å². The number of amides is 1. The fourth-order valence-corrected chi connectivity index (χ4v) is 4.48. The van der Waals surface area contributed by atoms with E-state index < -0.39 is 0 Å². The second kappa shape index (κ2) is 8.89. The van der Waals surface area contributed by atoms with Crippen LogP contribution >= 0.6 is 0 Å². The van der Waals surface area contributed by atoms with Crippen LogP contribution in [0.1, 0.15) is 41.1 Å². The highest BCUT2D eigenvalue weighted by Gasteiger charge is 2.24. The zero-order valence-electron chi connectivity index (χ0n) is 16.9. The van der Waals surface area contributed by atoms with Crippen molar-refractivity contribution in [3.63, 3.8) is 0 Å². The van der Waals surface area contributed by atoms with E-state index in [1.165, 1.54) is 22.3 Å². The van der Waals surface area contributed by atoms with Gasteiger partial charge in [-0.25, -0.2) is 0 Å². The minimum Gasteiger partial charge on any atom is -0.348 e. The molecule has 0 aromatic heterocycles. The van der Waals surface area contributed by atoms with Crippen molar-refractivity contribution in [3.8, 4) is 0 Å². The first kappa shape index (κ1) is 19.2. The number of fused-ring (bicyclic) bond motifs is 1. The lowest BCUT2D eigenvalue weighted by Gasteiger charge is -2.35. The fraction of sp³-hybridized carbons (Fsp3) is 0.458. The molecule has 1 aliphatic carbocycles. The maximum Gasteiger partial charge on any atom is 0.234 e. The Morgan fingerprint density at radius 2 is 1.71 bits per heavy atom. The summed E-state index contributed by atoms with van der Waals surface area (Å²) in [6, 6.07) is 17.3. The molecule has 1 atom stereocenters. The molecule has 2 aromatic rings. The predicted octanol–water partition coefficient (Wildman–Crippen LogP) is 3.31. The summed E-state index contributed by atoms with van der Waals surface area (Å²) >= 11 is 0. The standard InChI is InChI=1S/C24H31N3O/c1-19-7-2-3-9-21(19)17-26-13-15-27(16-14-26)18-24(28)25-23-12-6-10-20-8-4-5-11-22(20)23/h2-5,7-9,11,23H,6,10,12-18H2,1H3,(H,25,28)/t23-/m1/s1. The molecule has 4 rings (SSSR count). The SMILES string of the molecule is Cc1ccccc1CN1CCN(CC(=O)N[C@@H]2CCCc3ccccc32)CC1. The Balaban J connectivity index is 1.25. The van der Waals surface area contributed by atoms with Crippen molar-refractivity contribution in [2.45, 2.75) is 38.8 Å². The van der Waals surface area contributed by atoms with Gasteiger partial charge < -0.3 is 5.32 Å². The van der Waals surface area contributed by atoms with Crippen LogP contribution in [0.5, 0.6) is 0 Å². The lowest BCUT2D eigenvalue weighted by molar-refractivity contribution is -0.123. The lowest BCUT2D eigenvalue weighted by Crippen LogP contribution is -2.49. The van der Waals surface area contributed by atoms with E-state index in [2.05, 4.69) is 70.6 Å². The molecule has 1 N–H and O–H groups in total. The zero-order chi connectivity index (χ0) is 19.3. The van der Waals surface area contributed by atoms with E-state index in [9.17, 15) is 4.79 Å². The van der Waals surface area contributed by atoms with E-state index in [0.717, 1.165) is 52.0 Å². The van der Waals surface area contributed by atoms with Crippen LogP contribution in [-0.4, -0.2) is 48.4 Å². The smallest absolute Gasteiger partial charge is 0.234 e. The van der Waals surface area contributed by atoms with Gasteiger partial charge in [0, 0.05) is 32.7 Å². The van der Waals surface area contributed by atoms with Crippen molar-refractivity contribution in [3.05, 3.63) is 70.8 Å². The minimum atomic E-state index is 0.161. The third-order valence-corrected chi connectivity index (χ3v) is 6.19. The molecule has 4 nitrogen and oxygen atoms in total. The van der Waals surface area contributed by atoms with Crippen molar-refractivity contribution in [1.29, 1.82) is 0 Å². The number of nitrogens with one attached hydrogen (secondary N) is 1. The van der Waals surface area contributed by atoms with Crippen molar-refractivity contribution < 1.29 is 4.79 Å². The summed E-state index contributed by atoms with van der Waals surface area (Å²) in [4.78, 5) is 17.4. The third kappa shape index (κ3) is 4.62. The number of nitrogens with zero attached hydrogens (tertiary/aromatic N) is 2. The average molecular weight is 378 g/mol. The fourth-order valence-electron chi connectivity index (χ4n) is 4.48. The van der Waals surface area contributed by atoms with Gasteiger partial charge in [-0.2, -0.15) is 0 Å². The first-order valence-electron chi connectivity index (χ1n) is 10.6. The molecule has 0 spiro atoms. The molecule has 1 saturated heterocycles. The zero-order valence-corrected chi connectivity index (χ0v) is 16.9. The number of hydrogen-bond donors (Lipinski definition) is 1. The maximum atomic E-state index is 12.6. The Bertz CT molecular complexity index is 811. The number of piperazine rings is 1. The van der Waals surface area contributed by atoms with E-state index in [1.807, 2.05) is 0 Å². The van der Waals surface area contributed by atoms with Gasteiger partial charge >= 0.3 is 0 Å². The summed E-state index contributed by atoms with van der Waals surface area (Å²) in [5.41, 5.74) is 5.47. The minimum absolute atomic E-state index is 0.161. The molecule has 2 aromatic carbocycles. The van der Waals surface area contributed by atoms with Gasteiger partial charge in [0.1, 0.15) is 0 Å². The summed E-state index contributed by atoms with van der Waals surface area (Å²) in [5.74, 6) is 0.161. The van der Waals surface area contributed by atoms with Gasteiger partial charge in [-0.1, -0.05) is 48.5 Å². The number of rotatable bonds is 5. The molecule has 1 aliphatic heterocycles. The average Bonchev–Trinajstić information content (AvgIpc) is 2.71. The molecule has 148 valence electrons. The topological polar surface area (TPSA) is 35.6 Å². The Labute approximate surface area is 168 Å². The predicted molar refractivity (Wildman–Crippen MR) is 113 cm³/mol. The molecule has 4 heteroatoms. The Kier molecular flexibility index (Phi) is 6.08. The monoisotopic (exact) mass is 377 g/mol. The van der Waals surface area contributed by atoms with E-state index in [0.29, 0.717) is 6.54 Å². The van der Waals surface area contributed by atoms with Gasteiger partial charge in [-0.05, 0) is 48.4 Å². The highest BCUT2D eigenvalue weighted by molar-refractivity contribution is 5.78. The van der Waals surface area contributed by atoms with Crippen molar-refractivity contribution in [2.24, 2.45) is 0 Å². The first-order chi connectivity index (χ1) is 13.7. The van der Waals surface area contributed by atoms with Gasteiger partial charge in [-0.3, -0.25) is 14.6 Å². The van der Waals surface area contributed by atoms with Crippen molar-refractivity contribution in [1.82, 2.24) is 15.1 Å². The quantitative estimate of drug-likeness (QED) is 0.868. The van der Waals surface area contributed by atoms with Crippen molar-refractivity contribution in [2.75, 3.05) is 32.7 Å². The van der Waals surface area contributed by atoms with Gasteiger partial charge in [0.05, 0.1) is 12.6 Å². The van der Waals surface area contributed by atoms with E-state index >= 15 is 0 Å². The Morgan fingerprint density at radius 1 is 1.00 bits per heavy atom. The van der Waals surface area contributed by atoms with Crippen LogP contribution in [0.3, 0.4) is 0 Å². The van der Waals surface area contributed by atoms with Gasteiger partial charge in [0.2, 0.25) is 5.91 Å². The molecule has 1 amide bonds. The lowest BCUT2D eigenvalue weighted by atomic mass is 9.88. The summed E-state index contributed by atoms with van der Waals surface area (Å²) in [6.07, 6.45) is 3.33. The molecule has 0 bridgehead atoms. The number of carbonyl (C=O) groups excluding carboxylic acids is 1. The van der Waals surface area contributed by atoms with E-state index in [4.69, 9.17) is 0 Å². The van der Waals surface area contributed by atoms with Crippen LogP contribution in [0.25, 0.3) is 0 Å². The Morgan fingerprint density at radius 3 is 2.54 bits per heavy atom. The molecule has 2 aliphatic rings. The molecule has 0 saturated carbocycles. The largest absolute Gasteiger partial charge is 0.348 e. The maximum absolute atomic E-state index is 12.6. The number of benzene rings is 2. The van der Waals surface area contributed by atoms with Crippen molar-refractivity contribution >= 4 is 5.91 Å². The molecule has 0 unspecified atom stereocenters. The normalized spacial score (nSPS) is 20.5. The first-order valence-corrected chi connectivity index (χ1v) is 10.6. The van der Waals surface area contributed by atoms with Gasteiger partial charge in [0.25, 0.3) is 0 Å². The van der Waals surface area contributed by atoms with Crippen LogP contribution in [0.15, 0.2) is 48.5 Å². The molecule has 0 radical (unpaired) electrons. The summed E-state index contributed by atoms with van der Waals surface area (Å²) in [6.45, 7) is 7.66. The van der Waals surface area contributed by atoms with Crippen LogP contribution < -0.4 is 5.32 Å². The molecule has 1 heterocycles. The number of aryl methyl sites for hydroxylation is 2. The Hall–Kier alpha value is -2.17.